The van der Waals surface area contributed by atoms with Crippen LogP contribution in [-0.2, 0) is 17.4 Å². The van der Waals surface area contributed by atoms with Crippen molar-refractivity contribution in [3.05, 3.63) is 69.7 Å². The van der Waals surface area contributed by atoms with Crippen LogP contribution in [0.1, 0.15) is 48.1 Å². The molecular formula is C22H23ClF3NO2. The number of carbonyl (C=O) groups is 1. The van der Waals surface area contributed by atoms with E-state index in [9.17, 15) is 23.1 Å². The molecule has 1 saturated heterocycles. The van der Waals surface area contributed by atoms with Crippen molar-refractivity contribution in [2.45, 2.75) is 38.4 Å². The van der Waals surface area contributed by atoms with Gasteiger partial charge in [-0.15, -0.1) is 0 Å². The van der Waals surface area contributed by atoms with Crippen LogP contribution in [0.2, 0.25) is 5.02 Å². The maximum Gasteiger partial charge on any atom is 0.417 e. The fraction of sp³-hybridized carbons (Fsp3) is 0.409. The number of carboxylic acids is 1. The van der Waals surface area contributed by atoms with Crippen LogP contribution in [0.3, 0.4) is 0 Å². The first-order valence-electron chi connectivity index (χ1n) is 9.63. The third kappa shape index (κ3) is 4.93. The summed E-state index contributed by atoms with van der Waals surface area (Å²) in [7, 11) is 0. The summed E-state index contributed by atoms with van der Waals surface area (Å²) >= 11 is 5.81. The summed E-state index contributed by atoms with van der Waals surface area (Å²) in [5.41, 5.74) is 1.67. The van der Waals surface area contributed by atoms with Gasteiger partial charge in [-0.2, -0.15) is 13.2 Å². The van der Waals surface area contributed by atoms with Gasteiger partial charge in [0, 0.05) is 0 Å². The molecule has 7 heteroatoms. The Hall–Kier alpha value is -2.05. The highest BCUT2D eigenvalue weighted by Crippen LogP contribution is 2.39. The van der Waals surface area contributed by atoms with E-state index < -0.39 is 29.7 Å². The number of benzene rings is 2. The van der Waals surface area contributed by atoms with Gasteiger partial charge in [0.05, 0.1) is 22.5 Å². The number of hydrogen-bond acceptors (Lipinski definition) is 2. The number of carboxylic acid groups (broad SMARTS) is 1. The molecule has 156 valence electrons. The van der Waals surface area contributed by atoms with Crippen molar-refractivity contribution >= 4 is 17.6 Å². The second kappa shape index (κ2) is 8.76. The lowest BCUT2D eigenvalue weighted by Gasteiger charge is -2.37. The normalized spacial score (nSPS) is 17.3. The number of piperidine rings is 1. The zero-order chi connectivity index (χ0) is 21.2. The van der Waals surface area contributed by atoms with E-state index in [2.05, 4.69) is 4.90 Å². The zero-order valence-electron chi connectivity index (χ0n) is 16.0. The fourth-order valence-corrected chi connectivity index (χ4v) is 4.11. The second-order valence-electron chi connectivity index (χ2n) is 7.38. The van der Waals surface area contributed by atoms with E-state index in [1.54, 1.807) is 6.07 Å². The lowest BCUT2D eigenvalue weighted by molar-refractivity contribution is -0.143. The maximum absolute atomic E-state index is 13.4. The van der Waals surface area contributed by atoms with Crippen LogP contribution in [-0.4, -0.2) is 29.1 Å². The van der Waals surface area contributed by atoms with E-state index in [-0.39, 0.29) is 5.02 Å². The smallest absolute Gasteiger partial charge is 0.417 e. The summed E-state index contributed by atoms with van der Waals surface area (Å²) in [6.07, 6.45) is -2.73. The SMILES string of the molecule is CCc1ccc(C(c2ccc(Cl)c(C(F)(F)F)c2)N2CCC(C(=O)O)CC2)cc1. The van der Waals surface area contributed by atoms with Gasteiger partial charge in [-0.3, -0.25) is 9.69 Å². The van der Waals surface area contributed by atoms with Crippen LogP contribution >= 0.6 is 11.6 Å². The Morgan fingerprint density at radius 2 is 1.72 bits per heavy atom. The van der Waals surface area contributed by atoms with Crippen molar-refractivity contribution < 1.29 is 23.1 Å². The van der Waals surface area contributed by atoms with Crippen molar-refractivity contribution in [3.63, 3.8) is 0 Å². The number of hydrogen-bond donors (Lipinski definition) is 1. The zero-order valence-corrected chi connectivity index (χ0v) is 16.8. The van der Waals surface area contributed by atoms with Gasteiger partial charge in [-0.05, 0) is 61.2 Å². The molecule has 1 aliphatic rings. The molecule has 3 rings (SSSR count). The predicted octanol–water partition coefficient (Wildman–Crippen LogP) is 5.81. The first kappa shape index (κ1) is 21.7. The Bertz CT molecular complexity index is 859. The number of likely N-dealkylation sites (tertiary alicyclic amines) is 1. The van der Waals surface area contributed by atoms with Crippen LogP contribution in [0.5, 0.6) is 0 Å². The Balaban J connectivity index is 2.00. The Kier molecular flexibility index (Phi) is 6.54. The molecule has 1 atom stereocenters. The number of aryl methyl sites for hydroxylation is 1. The molecule has 3 nitrogen and oxygen atoms in total. The number of rotatable bonds is 5. The molecule has 0 radical (unpaired) electrons. The lowest BCUT2D eigenvalue weighted by Crippen LogP contribution is -2.39. The van der Waals surface area contributed by atoms with Gasteiger partial charge >= 0.3 is 12.1 Å². The van der Waals surface area contributed by atoms with Crippen LogP contribution in [0.25, 0.3) is 0 Å². The van der Waals surface area contributed by atoms with Gasteiger partial charge in [-0.25, -0.2) is 0 Å². The second-order valence-corrected chi connectivity index (χ2v) is 7.79. The van der Waals surface area contributed by atoms with Crippen molar-refractivity contribution in [3.8, 4) is 0 Å². The van der Waals surface area contributed by atoms with Gasteiger partial charge in [0.25, 0.3) is 0 Å². The van der Waals surface area contributed by atoms with Crippen molar-refractivity contribution in [2.24, 2.45) is 5.92 Å². The van der Waals surface area contributed by atoms with Gasteiger partial charge < -0.3 is 5.11 Å². The van der Waals surface area contributed by atoms with Crippen molar-refractivity contribution in [1.82, 2.24) is 4.90 Å². The predicted molar refractivity (Wildman–Crippen MR) is 106 cm³/mol. The summed E-state index contributed by atoms with van der Waals surface area (Å²) in [5, 5.41) is 8.93. The minimum atomic E-state index is -4.54. The van der Waals surface area contributed by atoms with Gasteiger partial charge in [-0.1, -0.05) is 48.9 Å². The van der Waals surface area contributed by atoms with Crippen LogP contribution < -0.4 is 0 Å². The molecule has 0 amide bonds. The standard InChI is InChI=1S/C22H23ClF3NO2/c1-2-14-3-5-15(6-4-14)20(27-11-9-16(10-12-27)21(28)29)17-7-8-19(23)18(13-17)22(24,25)26/h3-8,13,16,20H,2,9-12H2,1H3,(H,28,29). The largest absolute Gasteiger partial charge is 0.481 e. The molecule has 0 saturated carbocycles. The van der Waals surface area contributed by atoms with E-state index in [0.29, 0.717) is 31.5 Å². The van der Waals surface area contributed by atoms with Gasteiger partial charge in [0.2, 0.25) is 0 Å². The average molecular weight is 426 g/mol. The van der Waals surface area contributed by atoms with E-state index in [1.807, 2.05) is 31.2 Å². The summed E-state index contributed by atoms with van der Waals surface area (Å²) in [5.74, 6) is -1.23. The molecule has 0 bridgehead atoms. The number of aliphatic carboxylic acids is 1. The van der Waals surface area contributed by atoms with Gasteiger partial charge in [0.1, 0.15) is 0 Å². The molecule has 1 aliphatic heterocycles. The number of nitrogens with zero attached hydrogens (tertiary/aromatic N) is 1. The molecule has 2 aromatic rings. The van der Waals surface area contributed by atoms with Crippen molar-refractivity contribution in [1.29, 1.82) is 0 Å². The molecule has 0 aromatic heterocycles. The molecule has 0 aliphatic carbocycles. The van der Waals surface area contributed by atoms with Crippen LogP contribution in [0.15, 0.2) is 42.5 Å². The van der Waals surface area contributed by atoms with Crippen LogP contribution in [0.4, 0.5) is 13.2 Å². The molecular weight excluding hydrogens is 403 g/mol. The molecule has 1 heterocycles. The van der Waals surface area contributed by atoms with Crippen molar-refractivity contribution in [2.75, 3.05) is 13.1 Å². The summed E-state index contributed by atoms with van der Waals surface area (Å²) in [6, 6.07) is 11.5. The van der Waals surface area contributed by atoms with E-state index in [1.165, 1.54) is 6.07 Å². The highest BCUT2D eigenvalue weighted by Gasteiger charge is 2.35. The first-order chi connectivity index (χ1) is 13.7. The Morgan fingerprint density at radius 1 is 1.14 bits per heavy atom. The third-order valence-corrected chi connectivity index (χ3v) is 5.89. The first-order valence-corrected chi connectivity index (χ1v) is 10.0. The number of halogens is 4. The Labute approximate surface area is 173 Å². The average Bonchev–Trinajstić information content (AvgIpc) is 2.69. The maximum atomic E-state index is 13.4. The quantitative estimate of drug-likeness (QED) is 0.657. The monoisotopic (exact) mass is 425 g/mol. The molecule has 1 unspecified atom stereocenters. The van der Waals surface area contributed by atoms with E-state index in [4.69, 9.17) is 11.6 Å². The summed E-state index contributed by atoms with van der Waals surface area (Å²) < 4.78 is 40.2. The Morgan fingerprint density at radius 3 is 2.24 bits per heavy atom. The summed E-state index contributed by atoms with van der Waals surface area (Å²) in [6.45, 7) is 3.04. The minimum Gasteiger partial charge on any atom is -0.481 e. The number of alkyl halides is 3. The molecule has 29 heavy (non-hydrogen) atoms. The minimum absolute atomic E-state index is 0.328. The highest BCUT2D eigenvalue weighted by molar-refractivity contribution is 6.31. The molecule has 1 fully saturated rings. The molecule has 0 spiro atoms. The van der Waals surface area contributed by atoms with E-state index >= 15 is 0 Å². The topological polar surface area (TPSA) is 40.5 Å². The van der Waals surface area contributed by atoms with E-state index in [0.717, 1.165) is 23.6 Å². The highest BCUT2D eigenvalue weighted by atomic mass is 35.5. The molecule has 2 aromatic carbocycles. The lowest BCUT2D eigenvalue weighted by atomic mass is 9.90. The summed E-state index contributed by atoms with van der Waals surface area (Å²) in [4.78, 5) is 13.3. The molecule has 1 N–H and O–H groups in total. The van der Waals surface area contributed by atoms with Gasteiger partial charge in [0.15, 0.2) is 0 Å². The van der Waals surface area contributed by atoms with Crippen LogP contribution in [0, 0.1) is 5.92 Å². The third-order valence-electron chi connectivity index (χ3n) is 5.56. The fourth-order valence-electron chi connectivity index (χ4n) is 3.88.